The molecule has 3 N–H and O–H groups in total. The second-order valence-electron chi connectivity index (χ2n) is 5.59. The quantitative estimate of drug-likeness (QED) is 0.673. The lowest BCUT2D eigenvalue weighted by Gasteiger charge is -2.17. The monoisotopic (exact) mass is 336 g/mol. The third-order valence-corrected chi connectivity index (χ3v) is 3.49. The van der Waals surface area contributed by atoms with Gasteiger partial charge in [-0.2, -0.15) is 0 Å². The Labute approximate surface area is 142 Å². The van der Waals surface area contributed by atoms with E-state index in [4.69, 9.17) is 0 Å². The number of benzene rings is 1. The maximum atomic E-state index is 12.2. The number of carbonyl (C=O) groups excluding carboxylic acids is 3. The maximum Gasteiger partial charge on any atom is 0.414 e. The molecule has 132 valence electrons. The molecule has 0 bridgehead atoms. The van der Waals surface area contributed by atoms with Crippen LogP contribution in [0.25, 0.3) is 0 Å². The molecule has 7 heteroatoms. The van der Waals surface area contributed by atoms with E-state index in [9.17, 15) is 14.4 Å². The van der Waals surface area contributed by atoms with Crippen LogP contribution in [0.2, 0.25) is 0 Å². The Morgan fingerprint density at radius 2 is 1.75 bits per heavy atom. The predicted octanol–water partition coefficient (Wildman–Crippen LogP) is 0.419. The van der Waals surface area contributed by atoms with Crippen LogP contribution >= 0.6 is 0 Å². The summed E-state index contributed by atoms with van der Waals surface area (Å²) in [5, 5.41) is 4.98. The maximum absolute atomic E-state index is 12.2. The molecule has 1 atom stereocenters. The summed E-state index contributed by atoms with van der Waals surface area (Å²) in [6, 6.07) is 5.79. The molecule has 0 aliphatic heterocycles. The summed E-state index contributed by atoms with van der Waals surface area (Å²) in [6.45, 7) is 8.39. The summed E-state index contributed by atoms with van der Waals surface area (Å²) in [4.78, 5) is 35.9. The van der Waals surface area contributed by atoms with Crippen LogP contribution in [0.5, 0.6) is 0 Å². The van der Waals surface area contributed by atoms with Gasteiger partial charge in [-0.3, -0.25) is 14.9 Å². The molecule has 0 aromatic heterocycles. The van der Waals surface area contributed by atoms with Crippen LogP contribution in [0.1, 0.15) is 25.0 Å². The van der Waals surface area contributed by atoms with Gasteiger partial charge in [-0.15, -0.1) is 0 Å². The molecule has 0 saturated carbocycles. The molecule has 1 aromatic carbocycles. The number of ether oxygens (including phenoxy) is 1. The van der Waals surface area contributed by atoms with E-state index in [0.717, 1.165) is 21.7 Å². The number of nitrogens with one attached hydrogen (secondary N) is 3. The number of imide groups is 1. The average molecular weight is 336 g/mol. The number of quaternary nitrogens is 1. The average Bonchev–Trinajstić information content (AvgIpc) is 2.49. The second-order valence-corrected chi connectivity index (χ2v) is 5.59. The number of hydrogen-bond acceptors (Lipinski definition) is 4. The SMILES string of the molecule is CCOC(=O)NC(=O)C[NH+](CC)CC(=O)Nc1ccc(C)cc1C. The van der Waals surface area contributed by atoms with Crippen molar-refractivity contribution < 1.29 is 24.0 Å². The summed E-state index contributed by atoms with van der Waals surface area (Å²) < 4.78 is 4.65. The zero-order valence-corrected chi connectivity index (χ0v) is 14.7. The van der Waals surface area contributed by atoms with Crippen molar-refractivity contribution in [3.63, 3.8) is 0 Å². The summed E-state index contributed by atoms with van der Waals surface area (Å²) >= 11 is 0. The molecule has 0 heterocycles. The highest BCUT2D eigenvalue weighted by molar-refractivity contribution is 5.93. The Morgan fingerprint density at radius 3 is 2.33 bits per heavy atom. The van der Waals surface area contributed by atoms with E-state index in [1.54, 1.807) is 6.92 Å². The van der Waals surface area contributed by atoms with E-state index in [0.29, 0.717) is 6.54 Å². The first kappa shape index (κ1) is 19.6. The molecular weight excluding hydrogens is 310 g/mol. The van der Waals surface area contributed by atoms with Gasteiger partial charge in [0.25, 0.3) is 11.8 Å². The topological polar surface area (TPSA) is 88.9 Å². The van der Waals surface area contributed by atoms with Gasteiger partial charge in [0.2, 0.25) is 0 Å². The van der Waals surface area contributed by atoms with Crippen molar-refractivity contribution in [2.75, 3.05) is 31.6 Å². The van der Waals surface area contributed by atoms with E-state index >= 15 is 0 Å². The first-order chi connectivity index (χ1) is 11.3. The Kier molecular flexibility index (Phi) is 7.91. The zero-order chi connectivity index (χ0) is 18.1. The molecule has 7 nitrogen and oxygen atoms in total. The van der Waals surface area contributed by atoms with E-state index < -0.39 is 12.0 Å². The summed E-state index contributed by atoms with van der Waals surface area (Å²) in [5.41, 5.74) is 2.88. The molecule has 1 unspecified atom stereocenters. The van der Waals surface area contributed by atoms with Crippen LogP contribution in [-0.4, -0.2) is 44.1 Å². The molecule has 3 amide bonds. The van der Waals surface area contributed by atoms with Gasteiger partial charge < -0.3 is 15.0 Å². The smallest absolute Gasteiger partial charge is 0.414 e. The van der Waals surface area contributed by atoms with Crippen molar-refractivity contribution in [2.24, 2.45) is 0 Å². The van der Waals surface area contributed by atoms with Gasteiger partial charge in [-0.25, -0.2) is 4.79 Å². The fraction of sp³-hybridized carbons (Fsp3) is 0.471. The minimum atomic E-state index is -0.766. The van der Waals surface area contributed by atoms with Crippen molar-refractivity contribution >= 4 is 23.6 Å². The van der Waals surface area contributed by atoms with Gasteiger partial charge in [-0.1, -0.05) is 17.7 Å². The molecular formula is C17H26N3O4+. The van der Waals surface area contributed by atoms with Gasteiger partial charge in [0.05, 0.1) is 13.2 Å². The first-order valence-electron chi connectivity index (χ1n) is 8.03. The van der Waals surface area contributed by atoms with Crippen molar-refractivity contribution in [3.8, 4) is 0 Å². The Morgan fingerprint density at radius 1 is 1.08 bits per heavy atom. The molecule has 0 fully saturated rings. The number of alkyl carbamates (subject to hydrolysis) is 1. The molecule has 24 heavy (non-hydrogen) atoms. The van der Waals surface area contributed by atoms with Gasteiger partial charge >= 0.3 is 6.09 Å². The lowest BCUT2D eigenvalue weighted by molar-refractivity contribution is -0.881. The number of amides is 3. The standard InChI is InChI=1S/C17H25N3O4/c1-5-20(11-16(22)19-17(23)24-6-2)10-15(21)18-14-8-7-12(3)9-13(14)4/h7-9H,5-6,10-11H2,1-4H3,(H,18,21)(H,19,22,23)/p+1. The predicted molar refractivity (Wildman–Crippen MR) is 90.9 cm³/mol. The van der Waals surface area contributed by atoms with Crippen molar-refractivity contribution in [2.45, 2.75) is 27.7 Å². The highest BCUT2D eigenvalue weighted by atomic mass is 16.5. The van der Waals surface area contributed by atoms with Crippen molar-refractivity contribution in [3.05, 3.63) is 29.3 Å². The third kappa shape index (κ3) is 6.78. The van der Waals surface area contributed by atoms with Crippen LogP contribution in [0, 0.1) is 13.8 Å². The third-order valence-electron chi connectivity index (χ3n) is 3.49. The summed E-state index contributed by atoms with van der Waals surface area (Å²) in [5.74, 6) is -0.646. The number of likely N-dealkylation sites (N-methyl/N-ethyl adjacent to an activating group) is 1. The Balaban J connectivity index is 2.53. The van der Waals surface area contributed by atoms with Gasteiger partial charge in [-0.05, 0) is 39.3 Å². The number of rotatable bonds is 7. The fourth-order valence-corrected chi connectivity index (χ4v) is 2.24. The minimum absolute atomic E-state index is 0.0234. The highest BCUT2D eigenvalue weighted by Crippen LogP contribution is 2.15. The van der Waals surface area contributed by atoms with Crippen molar-refractivity contribution in [1.29, 1.82) is 0 Å². The lowest BCUT2D eigenvalue weighted by atomic mass is 10.1. The molecule has 0 spiro atoms. The van der Waals surface area contributed by atoms with E-state index in [1.165, 1.54) is 0 Å². The van der Waals surface area contributed by atoms with Crippen LogP contribution in [-0.2, 0) is 14.3 Å². The summed E-state index contributed by atoms with van der Waals surface area (Å²) in [6.07, 6.45) is -0.766. The van der Waals surface area contributed by atoms with Crippen molar-refractivity contribution in [1.82, 2.24) is 5.32 Å². The van der Waals surface area contributed by atoms with E-state index in [2.05, 4.69) is 15.4 Å². The Hall–Kier alpha value is -2.41. The molecule has 0 aliphatic rings. The lowest BCUT2D eigenvalue weighted by Crippen LogP contribution is -3.14. The fourth-order valence-electron chi connectivity index (χ4n) is 2.24. The number of anilines is 1. The second kappa shape index (κ2) is 9.67. The molecule has 0 saturated heterocycles. The summed E-state index contributed by atoms with van der Waals surface area (Å²) in [7, 11) is 0. The van der Waals surface area contributed by atoms with Crippen LogP contribution < -0.4 is 15.5 Å². The highest BCUT2D eigenvalue weighted by Gasteiger charge is 2.19. The minimum Gasteiger partial charge on any atom is -0.450 e. The molecule has 1 aromatic rings. The van der Waals surface area contributed by atoms with Crippen LogP contribution in [0.4, 0.5) is 10.5 Å². The molecule has 1 rings (SSSR count). The van der Waals surface area contributed by atoms with E-state index in [1.807, 2.05) is 39.0 Å². The van der Waals surface area contributed by atoms with Gasteiger partial charge in [0.1, 0.15) is 0 Å². The zero-order valence-electron chi connectivity index (χ0n) is 14.7. The number of aryl methyl sites for hydroxylation is 2. The Bertz CT molecular complexity index is 601. The largest absolute Gasteiger partial charge is 0.450 e. The van der Waals surface area contributed by atoms with Crippen LogP contribution in [0.15, 0.2) is 18.2 Å². The molecule has 0 aliphatic carbocycles. The molecule has 0 radical (unpaired) electrons. The van der Waals surface area contributed by atoms with Gasteiger partial charge in [0, 0.05) is 5.69 Å². The van der Waals surface area contributed by atoms with Gasteiger partial charge in [0.15, 0.2) is 13.1 Å². The van der Waals surface area contributed by atoms with Crippen LogP contribution in [0.3, 0.4) is 0 Å². The number of carbonyl (C=O) groups is 3. The first-order valence-corrected chi connectivity index (χ1v) is 8.03. The van der Waals surface area contributed by atoms with E-state index in [-0.39, 0.29) is 25.6 Å². The normalized spacial score (nSPS) is 11.5. The number of hydrogen-bond donors (Lipinski definition) is 3.